The molecule has 1 aromatic heterocycles. The molecule has 2 N–H and O–H groups in total. The number of aromatic nitrogens is 2. The van der Waals surface area contributed by atoms with E-state index in [1.807, 2.05) is 18.2 Å². The van der Waals surface area contributed by atoms with Crippen molar-refractivity contribution in [2.45, 2.75) is 25.3 Å². The zero-order valence-electron chi connectivity index (χ0n) is 13.1. The summed E-state index contributed by atoms with van der Waals surface area (Å²) >= 11 is 6.32. The van der Waals surface area contributed by atoms with Crippen LogP contribution >= 0.6 is 11.6 Å². The number of H-pyrrole nitrogens is 1. The first-order valence-corrected chi connectivity index (χ1v) is 8.69. The van der Waals surface area contributed by atoms with E-state index in [9.17, 15) is 0 Å². The van der Waals surface area contributed by atoms with Crippen LogP contribution in [-0.2, 0) is 6.54 Å². The van der Waals surface area contributed by atoms with Crippen LogP contribution in [0, 0.1) is 0 Å². The highest BCUT2D eigenvalue weighted by molar-refractivity contribution is 6.31. The number of nitrogens with one attached hydrogen (secondary N) is 2. The van der Waals surface area contributed by atoms with E-state index in [-0.39, 0.29) is 0 Å². The van der Waals surface area contributed by atoms with Gasteiger partial charge in [0.1, 0.15) is 12.4 Å². The fraction of sp³-hybridized carbons (Fsp3) is 0.316. The van der Waals surface area contributed by atoms with E-state index in [1.165, 1.54) is 24.9 Å². The molecule has 4 rings (SSSR count). The van der Waals surface area contributed by atoms with Gasteiger partial charge < -0.3 is 9.88 Å². The van der Waals surface area contributed by atoms with Gasteiger partial charge in [0.25, 0.3) is 0 Å². The van der Waals surface area contributed by atoms with Crippen molar-refractivity contribution in [3.05, 3.63) is 64.9 Å². The van der Waals surface area contributed by atoms with Crippen LogP contribution in [0.4, 0.5) is 0 Å². The molecule has 2 aromatic carbocycles. The number of nitrogens with zero attached hydrogens (tertiary/aromatic N) is 1. The van der Waals surface area contributed by atoms with Gasteiger partial charge in [0.2, 0.25) is 0 Å². The molecule has 0 spiro atoms. The second-order valence-corrected chi connectivity index (χ2v) is 6.86. The molecule has 0 saturated carbocycles. The summed E-state index contributed by atoms with van der Waals surface area (Å²) in [6, 6.07) is 16.5. The minimum absolute atomic E-state index is 0.508. The Labute approximate surface area is 141 Å². The molecule has 4 heteroatoms. The van der Waals surface area contributed by atoms with Crippen LogP contribution in [0.3, 0.4) is 0 Å². The Balaban J connectivity index is 1.51. The van der Waals surface area contributed by atoms with E-state index in [1.54, 1.807) is 4.90 Å². The lowest BCUT2D eigenvalue weighted by atomic mass is 9.97. The maximum Gasteiger partial charge on any atom is 0.116 e. The molecule has 23 heavy (non-hydrogen) atoms. The van der Waals surface area contributed by atoms with E-state index in [0.29, 0.717) is 5.92 Å². The Morgan fingerprint density at radius 3 is 2.83 bits per heavy atom. The van der Waals surface area contributed by atoms with Crippen LogP contribution in [0.1, 0.15) is 30.1 Å². The number of hydrogen-bond donors (Lipinski definition) is 2. The molecule has 2 heterocycles. The molecule has 0 amide bonds. The Kier molecular flexibility index (Phi) is 4.06. The second kappa shape index (κ2) is 6.34. The van der Waals surface area contributed by atoms with Crippen LogP contribution in [0.2, 0.25) is 5.02 Å². The number of rotatable bonds is 3. The molecule has 2 atom stereocenters. The number of halogens is 1. The van der Waals surface area contributed by atoms with Crippen molar-refractivity contribution >= 4 is 22.6 Å². The van der Waals surface area contributed by atoms with Crippen molar-refractivity contribution in [3.8, 4) is 0 Å². The quantitative estimate of drug-likeness (QED) is 0.761. The maximum atomic E-state index is 6.32. The summed E-state index contributed by atoms with van der Waals surface area (Å²) in [5.74, 6) is 1.65. The number of piperidine rings is 1. The van der Waals surface area contributed by atoms with E-state index >= 15 is 0 Å². The van der Waals surface area contributed by atoms with Crippen molar-refractivity contribution in [1.29, 1.82) is 0 Å². The van der Waals surface area contributed by atoms with Gasteiger partial charge in [-0.3, -0.25) is 0 Å². The monoisotopic (exact) mass is 326 g/mol. The van der Waals surface area contributed by atoms with E-state index < -0.39 is 0 Å². The lowest BCUT2D eigenvalue weighted by Crippen LogP contribution is -3.12. The van der Waals surface area contributed by atoms with Crippen LogP contribution < -0.4 is 4.90 Å². The Morgan fingerprint density at radius 1 is 1.13 bits per heavy atom. The highest BCUT2D eigenvalue weighted by Crippen LogP contribution is 2.22. The average Bonchev–Trinajstić information content (AvgIpc) is 3.01. The van der Waals surface area contributed by atoms with Gasteiger partial charge in [-0.2, -0.15) is 0 Å². The molecule has 0 radical (unpaired) electrons. The predicted octanol–water partition coefficient (Wildman–Crippen LogP) is 3.18. The smallest absolute Gasteiger partial charge is 0.116 e. The highest BCUT2D eigenvalue weighted by Gasteiger charge is 2.27. The van der Waals surface area contributed by atoms with Gasteiger partial charge in [0.05, 0.1) is 30.0 Å². The van der Waals surface area contributed by atoms with E-state index in [2.05, 4.69) is 35.3 Å². The summed E-state index contributed by atoms with van der Waals surface area (Å²) in [5.41, 5.74) is 3.45. The van der Waals surface area contributed by atoms with E-state index in [4.69, 9.17) is 16.6 Å². The number of hydrogen-bond acceptors (Lipinski definition) is 1. The predicted molar refractivity (Wildman–Crippen MR) is 93.9 cm³/mol. The van der Waals surface area contributed by atoms with Crippen molar-refractivity contribution in [3.63, 3.8) is 0 Å². The van der Waals surface area contributed by atoms with Gasteiger partial charge in [0, 0.05) is 10.6 Å². The fourth-order valence-corrected chi connectivity index (χ4v) is 3.82. The Bertz CT molecular complexity index is 778. The molecule has 3 nitrogen and oxygen atoms in total. The topological polar surface area (TPSA) is 33.1 Å². The van der Waals surface area contributed by atoms with Crippen molar-refractivity contribution < 1.29 is 4.90 Å². The number of imidazole rings is 1. The molecule has 0 bridgehead atoms. The minimum Gasteiger partial charge on any atom is -0.342 e. The number of aromatic amines is 1. The Morgan fingerprint density at radius 2 is 1.96 bits per heavy atom. The number of para-hydroxylation sites is 2. The average molecular weight is 327 g/mol. The summed E-state index contributed by atoms with van der Waals surface area (Å²) in [6.07, 6.45) is 2.45. The molecule has 1 aliphatic rings. The molecule has 0 aliphatic carbocycles. The fourth-order valence-electron chi connectivity index (χ4n) is 3.62. The van der Waals surface area contributed by atoms with Crippen molar-refractivity contribution in [1.82, 2.24) is 9.97 Å². The van der Waals surface area contributed by atoms with Gasteiger partial charge in [-0.05, 0) is 31.0 Å². The third kappa shape index (κ3) is 3.12. The lowest BCUT2D eigenvalue weighted by molar-refractivity contribution is -0.920. The number of fused-ring (bicyclic) bond motifs is 1. The van der Waals surface area contributed by atoms with Gasteiger partial charge in [-0.1, -0.05) is 41.9 Å². The zero-order chi connectivity index (χ0) is 15.6. The number of benzene rings is 2. The first-order valence-electron chi connectivity index (χ1n) is 8.31. The summed E-state index contributed by atoms with van der Waals surface area (Å²) < 4.78 is 0. The maximum absolute atomic E-state index is 6.32. The van der Waals surface area contributed by atoms with Gasteiger partial charge >= 0.3 is 0 Å². The zero-order valence-corrected chi connectivity index (χ0v) is 13.8. The van der Waals surface area contributed by atoms with Gasteiger partial charge in [0.15, 0.2) is 0 Å². The summed E-state index contributed by atoms with van der Waals surface area (Å²) in [5, 5.41) is 0.880. The van der Waals surface area contributed by atoms with Crippen molar-refractivity contribution in [2.24, 2.45) is 0 Å². The standard InChI is InChI=1S/C19H20ClN3/c20-16-8-2-1-6-14(16)12-23-11-5-7-15(13-23)19-21-17-9-3-4-10-18(17)22-19/h1-4,6,8-10,15H,5,7,11-13H2,(H,21,22)/p+1/t15-/m0/s1. The summed E-state index contributed by atoms with van der Waals surface area (Å²) in [7, 11) is 0. The first kappa shape index (κ1) is 14.7. The highest BCUT2D eigenvalue weighted by atomic mass is 35.5. The molecular formula is C19H21ClN3+. The molecule has 118 valence electrons. The lowest BCUT2D eigenvalue weighted by Gasteiger charge is -2.29. The molecule has 1 saturated heterocycles. The summed E-state index contributed by atoms with van der Waals surface area (Å²) in [4.78, 5) is 9.90. The van der Waals surface area contributed by atoms with Crippen LogP contribution in [0.5, 0.6) is 0 Å². The first-order chi connectivity index (χ1) is 11.3. The Hall–Kier alpha value is -1.84. The second-order valence-electron chi connectivity index (χ2n) is 6.45. The normalized spacial score (nSPS) is 21.6. The third-order valence-corrected chi connectivity index (χ3v) is 5.18. The van der Waals surface area contributed by atoms with Gasteiger partial charge in [-0.25, -0.2) is 4.98 Å². The summed E-state index contributed by atoms with van der Waals surface area (Å²) in [6.45, 7) is 3.32. The largest absolute Gasteiger partial charge is 0.342 e. The molecular weight excluding hydrogens is 306 g/mol. The van der Waals surface area contributed by atoms with E-state index in [0.717, 1.165) is 35.0 Å². The molecule has 1 unspecified atom stereocenters. The number of likely N-dealkylation sites (tertiary alicyclic amines) is 1. The molecule has 1 aliphatic heterocycles. The minimum atomic E-state index is 0.508. The van der Waals surface area contributed by atoms with Crippen LogP contribution in [0.15, 0.2) is 48.5 Å². The SMILES string of the molecule is Clc1ccccc1C[NH+]1CCC[C@H](c2nc3ccccc3[nH]2)C1. The third-order valence-electron chi connectivity index (χ3n) is 4.81. The van der Waals surface area contributed by atoms with Crippen LogP contribution in [-0.4, -0.2) is 23.1 Å². The molecule has 1 fully saturated rings. The van der Waals surface area contributed by atoms with Crippen molar-refractivity contribution in [2.75, 3.05) is 13.1 Å². The molecule has 3 aromatic rings. The number of quaternary nitrogens is 1. The van der Waals surface area contributed by atoms with Crippen LogP contribution in [0.25, 0.3) is 11.0 Å². The van der Waals surface area contributed by atoms with Gasteiger partial charge in [-0.15, -0.1) is 0 Å².